The van der Waals surface area contributed by atoms with Crippen molar-refractivity contribution in [3.05, 3.63) is 34.9 Å². The van der Waals surface area contributed by atoms with Crippen molar-refractivity contribution < 1.29 is 13.2 Å². The van der Waals surface area contributed by atoms with E-state index in [0.717, 1.165) is 24.0 Å². The molecule has 2 rings (SSSR count). The minimum atomic E-state index is -3.35. The summed E-state index contributed by atoms with van der Waals surface area (Å²) in [5.74, 6) is -0.116. The molecule has 0 unspecified atom stereocenters. The molecule has 0 aromatic heterocycles. The van der Waals surface area contributed by atoms with Gasteiger partial charge in [-0.25, -0.2) is 8.42 Å². The Morgan fingerprint density at radius 2 is 2.00 bits per heavy atom. The van der Waals surface area contributed by atoms with Crippen LogP contribution in [0.5, 0.6) is 0 Å². The summed E-state index contributed by atoms with van der Waals surface area (Å²) in [4.78, 5) is 14.4. The van der Waals surface area contributed by atoms with Crippen LogP contribution in [0.2, 0.25) is 0 Å². The highest BCUT2D eigenvalue weighted by Crippen LogP contribution is 2.22. The summed E-state index contributed by atoms with van der Waals surface area (Å²) < 4.78 is 25.2. The standard InChI is InChI=1S/C17H26N2O3S/c1-13-8-9-15(14(2)11-13)12-18(3)17(20)16-7-5-6-10-19(16)23(4,21)22/h8-9,11,16H,5-7,10,12H2,1-4H3/t16-/m0/s1. The molecule has 6 heteroatoms. The summed E-state index contributed by atoms with van der Waals surface area (Å²) in [5.41, 5.74) is 3.43. The van der Waals surface area contributed by atoms with E-state index in [4.69, 9.17) is 0 Å². The molecule has 0 spiro atoms. The lowest BCUT2D eigenvalue weighted by molar-refractivity contribution is -0.135. The number of nitrogens with zero attached hydrogens (tertiary/aromatic N) is 2. The fraction of sp³-hybridized carbons (Fsp3) is 0.588. The molecule has 1 aliphatic rings. The monoisotopic (exact) mass is 338 g/mol. The van der Waals surface area contributed by atoms with Gasteiger partial charge in [-0.3, -0.25) is 4.79 Å². The number of aryl methyl sites for hydroxylation is 2. The van der Waals surface area contributed by atoms with Gasteiger partial charge >= 0.3 is 0 Å². The average Bonchev–Trinajstić information content (AvgIpc) is 2.48. The average molecular weight is 338 g/mol. The van der Waals surface area contributed by atoms with Crippen LogP contribution in [0.25, 0.3) is 0 Å². The van der Waals surface area contributed by atoms with Crippen molar-refractivity contribution in [1.29, 1.82) is 0 Å². The summed E-state index contributed by atoms with van der Waals surface area (Å²) >= 11 is 0. The number of likely N-dealkylation sites (N-methyl/N-ethyl adjacent to an activating group) is 1. The van der Waals surface area contributed by atoms with Crippen LogP contribution in [-0.2, 0) is 21.4 Å². The van der Waals surface area contributed by atoms with Gasteiger partial charge in [-0.15, -0.1) is 0 Å². The Kier molecular flexibility index (Phi) is 5.47. The number of piperidine rings is 1. The first-order valence-electron chi connectivity index (χ1n) is 7.98. The molecule has 128 valence electrons. The molecular formula is C17H26N2O3S. The van der Waals surface area contributed by atoms with Crippen molar-refractivity contribution in [2.24, 2.45) is 0 Å². The number of hydrogen-bond donors (Lipinski definition) is 0. The summed E-state index contributed by atoms with van der Waals surface area (Å²) in [5, 5.41) is 0. The SMILES string of the molecule is Cc1ccc(CN(C)C(=O)[C@@H]2CCCCN2S(C)(=O)=O)c(C)c1. The van der Waals surface area contributed by atoms with Crippen LogP contribution in [0.15, 0.2) is 18.2 Å². The molecule has 0 radical (unpaired) electrons. The maximum Gasteiger partial charge on any atom is 0.241 e. The van der Waals surface area contributed by atoms with Gasteiger partial charge in [0.15, 0.2) is 0 Å². The summed E-state index contributed by atoms with van der Waals surface area (Å²) in [6, 6.07) is 5.60. The Labute approximate surface area is 139 Å². The molecule has 1 amide bonds. The van der Waals surface area contributed by atoms with E-state index in [2.05, 4.69) is 6.07 Å². The molecule has 23 heavy (non-hydrogen) atoms. The number of carbonyl (C=O) groups excluding carboxylic acids is 1. The lowest BCUT2D eigenvalue weighted by Gasteiger charge is -2.35. The molecule has 0 N–H and O–H groups in total. The number of carbonyl (C=O) groups is 1. The number of benzene rings is 1. The zero-order valence-corrected chi connectivity index (χ0v) is 15.2. The van der Waals surface area contributed by atoms with Crippen LogP contribution in [0.1, 0.15) is 36.0 Å². The highest BCUT2D eigenvalue weighted by molar-refractivity contribution is 7.88. The summed E-state index contributed by atoms with van der Waals surface area (Å²) in [6.07, 6.45) is 3.49. The molecule has 1 heterocycles. The van der Waals surface area contributed by atoms with Crippen LogP contribution in [0, 0.1) is 13.8 Å². The molecule has 0 bridgehead atoms. The van der Waals surface area contributed by atoms with Gasteiger partial charge in [-0.05, 0) is 37.8 Å². The highest BCUT2D eigenvalue weighted by atomic mass is 32.2. The maximum atomic E-state index is 12.8. The molecule has 1 fully saturated rings. The maximum absolute atomic E-state index is 12.8. The smallest absolute Gasteiger partial charge is 0.241 e. The Hall–Kier alpha value is -1.40. The van der Waals surface area contributed by atoms with Crippen LogP contribution < -0.4 is 0 Å². The van der Waals surface area contributed by atoms with Crippen molar-refractivity contribution in [3.63, 3.8) is 0 Å². The van der Waals surface area contributed by atoms with Gasteiger partial charge in [-0.1, -0.05) is 30.2 Å². The Bertz CT molecular complexity index is 685. The van der Waals surface area contributed by atoms with Gasteiger partial charge in [0, 0.05) is 20.1 Å². The molecule has 5 nitrogen and oxygen atoms in total. The Balaban J connectivity index is 2.14. The van der Waals surface area contributed by atoms with Gasteiger partial charge in [0.1, 0.15) is 6.04 Å². The number of amides is 1. The van der Waals surface area contributed by atoms with E-state index in [-0.39, 0.29) is 5.91 Å². The first-order valence-corrected chi connectivity index (χ1v) is 9.83. The number of rotatable bonds is 4. The second kappa shape index (κ2) is 7.01. The first kappa shape index (κ1) is 17.9. The van der Waals surface area contributed by atoms with Crippen LogP contribution in [-0.4, -0.2) is 49.4 Å². The van der Waals surface area contributed by atoms with Gasteiger partial charge in [0.05, 0.1) is 6.26 Å². The van der Waals surface area contributed by atoms with E-state index in [0.29, 0.717) is 19.5 Å². The summed E-state index contributed by atoms with van der Waals surface area (Å²) in [7, 11) is -1.61. The van der Waals surface area contributed by atoms with Crippen molar-refractivity contribution >= 4 is 15.9 Å². The minimum Gasteiger partial charge on any atom is -0.340 e. The lowest BCUT2D eigenvalue weighted by atomic mass is 10.0. The van der Waals surface area contributed by atoms with E-state index in [1.807, 2.05) is 26.0 Å². The minimum absolute atomic E-state index is 0.116. The molecule has 1 aliphatic heterocycles. The van der Waals surface area contributed by atoms with E-state index in [1.54, 1.807) is 11.9 Å². The lowest BCUT2D eigenvalue weighted by Crippen LogP contribution is -2.51. The highest BCUT2D eigenvalue weighted by Gasteiger charge is 2.35. The van der Waals surface area contributed by atoms with Crippen molar-refractivity contribution in [2.75, 3.05) is 19.8 Å². The van der Waals surface area contributed by atoms with E-state index in [9.17, 15) is 13.2 Å². The largest absolute Gasteiger partial charge is 0.340 e. The molecule has 1 aromatic carbocycles. The second-order valence-electron chi connectivity index (χ2n) is 6.51. The van der Waals surface area contributed by atoms with Crippen LogP contribution >= 0.6 is 0 Å². The second-order valence-corrected chi connectivity index (χ2v) is 8.44. The molecule has 1 saturated heterocycles. The van der Waals surface area contributed by atoms with Gasteiger partial charge in [-0.2, -0.15) is 4.31 Å². The van der Waals surface area contributed by atoms with Crippen LogP contribution in [0.4, 0.5) is 0 Å². The zero-order valence-electron chi connectivity index (χ0n) is 14.4. The number of hydrogen-bond acceptors (Lipinski definition) is 3. The zero-order chi connectivity index (χ0) is 17.2. The van der Waals surface area contributed by atoms with Gasteiger partial charge in [0.25, 0.3) is 0 Å². The van der Waals surface area contributed by atoms with Crippen molar-refractivity contribution in [1.82, 2.24) is 9.21 Å². The molecule has 1 aromatic rings. The fourth-order valence-electron chi connectivity index (χ4n) is 3.16. The normalized spacial score (nSPS) is 19.6. The van der Waals surface area contributed by atoms with Crippen molar-refractivity contribution in [2.45, 2.75) is 45.7 Å². The summed E-state index contributed by atoms with van der Waals surface area (Å²) in [6.45, 7) is 5.01. The predicted molar refractivity (Wildman–Crippen MR) is 91.6 cm³/mol. The third-order valence-corrected chi connectivity index (χ3v) is 5.74. The predicted octanol–water partition coefficient (Wildman–Crippen LogP) is 2.08. The molecule has 0 saturated carbocycles. The van der Waals surface area contributed by atoms with Crippen LogP contribution in [0.3, 0.4) is 0 Å². The topological polar surface area (TPSA) is 57.7 Å². The van der Waals surface area contributed by atoms with E-state index >= 15 is 0 Å². The molecular weight excluding hydrogens is 312 g/mol. The first-order chi connectivity index (χ1) is 10.7. The van der Waals surface area contributed by atoms with E-state index in [1.165, 1.54) is 16.1 Å². The van der Waals surface area contributed by atoms with Gasteiger partial charge < -0.3 is 4.90 Å². The number of sulfonamides is 1. The molecule has 1 atom stereocenters. The van der Waals surface area contributed by atoms with E-state index < -0.39 is 16.1 Å². The van der Waals surface area contributed by atoms with Gasteiger partial charge in [0.2, 0.25) is 15.9 Å². The fourth-order valence-corrected chi connectivity index (χ4v) is 4.28. The quantitative estimate of drug-likeness (QED) is 0.844. The molecule has 0 aliphatic carbocycles. The third kappa shape index (κ3) is 4.32. The third-order valence-electron chi connectivity index (χ3n) is 4.45. The van der Waals surface area contributed by atoms with Crippen molar-refractivity contribution in [3.8, 4) is 0 Å². The Morgan fingerprint density at radius 3 is 2.61 bits per heavy atom. The Morgan fingerprint density at radius 1 is 1.30 bits per heavy atom.